The minimum Gasteiger partial charge on any atom is -0.466 e. The number of hydrogen-bond acceptors (Lipinski definition) is 5. The van der Waals surface area contributed by atoms with E-state index >= 15 is 0 Å². The van der Waals surface area contributed by atoms with Crippen LogP contribution in [0.25, 0.3) is 0 Å². The molecule has 6 heteroatoms. The summed E-state index contributed by atoms with van der Waals surface area (Å²) in [6, 6.07) is -0.636. The average Bonchev–Trinajstić information content (AvgIpc) is 3.32. The average molecular weight is 931 g/mol. The molecule has 0 aliphatic heterocycles. The SMILES string of the molecule is CCCCCCCCC/C=C\CCCCCCCC(=O)OCCCCCCCCCCCCCCCCC(=O)NC(CO)C(O)/C=C/CCCCCCCCCCCCCCCCCCC. The lowest BCUT2D eigenvalue weighted by Gasteiger charge is -2.20. The molecule has 66 heavy (non-hydrogen) atoms. The van der Waals surface area contributed by atoms with Crippen molar-refractivity contribution < 1.29 is 24.5 Å². The molecule has 0 fully saturated rings. The summed E-state index contributed by atoms with van der Waals surface area (Å²) >= 11 is 0. The van der Waals surface area contributed by atoms with Gasteiger partial charge in [-0.15, -0.1) is 0 Å². The van der Waals surface area contributed by atoms with Crippen LogP contribution in [0, 0.1) is 0 Å². The molecule has 3 N–H and O–H groups in total. The predicted octanol–water partition coefficient (Wildman–Crippen LogP) is 18.2. The molecule has 0 heterocycles. The van der Waals surface area contributed by atoms with Gasteiger partial charge in [0.1, 0.15) is 0 Å². The number of aliphatic hydroxyl groups excluding tert-OH is 2. The number of ether oxygens (including phenoxy) is 1. The fraction of sp³-hybridized carbons (Fsp3) is 0.900. The number of carbonyl (C=O) groups excluding carboxylic acids is 2. The summed E-state index contributed by atoms with van der Waals surface area (Å²) in [5, 5.41) is 23.2. The zero-order chi connectivity index (χ0) is 47.9. The standard InChI is InChI=1S/C60H115NO5/c1-3-5-7-9-11-13-15-17-19-21-22-23-24-28-32-36-40-44-48-52-58(63)57(56-62)61-59(64)53-49-45-41-37-33-29-26-27-31-35-39-43-47-51-55-66-60(65)54-50-46-42-38-34-30-25-20-18-16-14-12-10-8-6-4-2/h20,25,48,52,57-58,62-63H,3-19,21-24,26-47,49-51,53-56H2,1-2H3,(H,61,64)/b25-20-,52-48+. The molecule has 2 unspecified atom stereocenters. The maximum absolute atomic E-state index is 12.5. The number of unbranched alkanes of at least 4 members (excludes halogenated alkanes) is 42. The highest BCUT2D eigenvalue weighted by molar-refractivity contribution is 5.76. The molecule has 0 radical (unpaired) electrons. The molecular weight excluding hydrogens is 815 g/mol. The maximum atomic E-state index is 12.5. The smallest absolute Gasteiger partial charge is 0.305 e. The molecule has 0 aromatic rings. The molecule has 0 saturated heterocycles. The third-order valence-electron chi connectivity index (χ3n) is 13.7. The summed E-state index contributed by atoms with van der Waals surface area (Å²) in [6.07, 6.45) is 67.7. The molecule has 0 saturated carbocycles. The van der Waals surface area contributed by atoms with Crippen molar-refractivity contribution in [3.8, 4) is 0 Å². The molecule has 0 aliphatic carbocycles. The van der Waals surface area contributed by atoms with Crippen molar-refractivity contribution in [3.63, 3.8) is 0 Å². The Balaban J connectivity index is 3.47. The van der Waals surface area contributed by atoms with E-state index in [4.69, 9.17) is 4.74 Å². The Labute approximate surface area is 411 Å². The Morgan fingerprint density at radius 3 is 1.08 bits per heavy atom. The number of hydrogen-bond donors (Lipinski definition) is 3. The molecule has 0 bridgehead atoms. The molecule has 0 spiro atoms. The molecular formula is C60H115NO5. The number of rotatable bonds is 55. The van der Waals surface area contributed by atoms with E-state index in [1.165, 1.54) is 238 Å². The Kier molecular flexibility index (Phi) is 54.5. The molecule has 0 aromatic carbocycles. The Morgan fingerprint density at radius 2 is 0.712 bits per heavy atom. The number of amides is 1. The van der Waals surface area contributed by atoms with Crippen LogP contribution in [0.1, 0.15) is 322 Å². The highest BCUT2D eigenvalue weighted by Crippen LogP contribution is 2.17. The second-order valence-electron chi connectivity index (χ2n) is 20.3. The number of allylic oxidation sites excluding steroid dienone is 3. The highest BCUT2D eigenvalue weighted by atomic mass is 16.5. The summed E-state index contributed by atoms with van der Waals surface area (Å²) in [6.45, 7) is 4.89. The van der Waals surface area contributed by atoms with Crippen LogP contribution in [0.15, 0.2) is 24.3 Å². The minimum atomic E-state index is -0.852. The van der Waals surface area contributed by atoms with Gasteiger partial charge in [-0.1, -0.05) is 276 Å². The van der Waals surface area contributed by atoms with Crippen molar-refractivity contribution in [1.82, 2.24) is 5.32 Å². The molecule has 6 nitrogen and oxygen atoms in total. The van der Waals surface area contributed by atoms with Crippen LogP contribution in [0.4, 0.5) is 0 Å². The lowest BCUT2D eigenvalue weighted by molar-refractivity contribution is -0.143. The predicted molar refractivity (Wildman–Crippen MR) is 287 cm³/mol. The van der Waals surface area contributed by atoms with Gasteiger partial charge in [0, 0.05) is 12.8 Å². The number of aliphatic hydroxyl groups is 2. The zero-order valence-electron chi connectivity index (χ0n) is 44.4. The summed E-state index contributed by atoms with van der Waals surface area (Å²) in [7, 11) is 0. The van der Waals surface area contributed by atoms with Crippen molar-refractivity contribution >= 4 is 11.9 Å². The first-order valence-corrected chi connectivity index (χ1v) is 29.6. The van der Waals surface area contributed by atoms with Gasteiger partial charge in [-0.3, -0.25) is 9.59 Å². The fourth-order valence-corrected chi connectivity index (χ4v) is 9.16. The first kappa shape index (κ1) is 64.3. The van der Waals surface area contributed by atoms with Crippen LogP contribution >= 0.6 is 0 Å². The normalized spacial score (nSPS) is 12.7. The second-order valence-corrected chi connectivity index (χ2v) is 20.3. The molecule has 0 aromatic heterocycles. The van der Waals surface area contributed by atoms with Crippen LogP contribution in [0.5, 0.6) is 0 Å². The van der Waals surface area contributed by atoms with E-state index in [0.29, 0.717) is 19.4 Å². The number of carbonyl (C=O) groups is 2. The van der Waals surface area contributed by atoms with Gasteiger partial charge < -0.3 is 20.3 Å². The largest absolute Gasteiger partial charge is 0.466 e. The molecule has 1 amide bonds. The third-order valence-corrected chi connectivity index (χ3v) is 13.7. The van der Waals surface area contributed by atoms with Gasteiger partial charge in [-0.2, -0.15) is 0 Å². The monoisotopic (exact) mass is 930 g/mol. The van der Waals surface area contributed by atoms with E-state index in [1.54, 1.807) is 6.08 Å². The molecule has 390 valence electrons. The van der Waals surface area contributed by atoms with E-state index in [1.807, 2.05) is 6.08 Å². The van der Waals surface area contributed by atoms with Crippen molar-refractivity contribution in [2.45, 2.75) is 334 Å². The fourth-order valence-electron chi connectivity index (χ4n) is 9.16. The third kappa shape index (κ3) is 51.7. The summed E-state index contributed by atoms with van der Waals surface area (Å²) < 4.78 is 5.47. The minimum absolute atomic E-state index is 0.0103. The summed E-state index contributed by atoms with van der Waals surface area (Å²) in [4.78, 5) is 24.5. The number of esters is 1. The van der Waals surface area contributed by atoms with Crippen LogP contribution in [0.3, 0.4) is 0 Å². The van der Waals surface area contributed by atoms with Gasteiger partial charge >= 0.3 is 5.97 Å². The Hall–Kier alpha value is -1.66. The zero-order valence-corrected chi connectivity index (χ0v) is 44.4. The van der Waals surface area contributed by atoms with E-state index < -0.39 is 12.1 Å². The topological polar surface area (TPSA) is 95.9 Å². The van der Waals surface area contributed by atoms with E-state index in [0.717, 1.165) is 57.8 Å². The van der Waals surface area contributed by atoms with Gasteiger partial charge in [0.05, 0.1) is 25.4 Å². The van der Waals surface area contributed by atoms with Gasteiger partial charge in [0.15, 0.2) is 0 Å². The molecule has 2 atom stereocenters. The van der Waals surface area contributed by atoms with Crippen LogP contribution in [-0.2, 0) is 14.3 Å². The summed E-state index contributed by atoms with van der Waals surface area (Å²) in [5.74, 6) is -0.0866. The van der Waals surface area contributed by atoms with Gasteiger partial charge in [0.25, 0.3) is 0 Å². The van der Waals surface area contributed by atoms with Crippen molar-refractivity contribution in [2.24, 2.45) is 0 Å². The Morgan fingerprint density at radius 1 is 0.409 bits per heavy atom. The highest BCUT2D eigenvalue weighted by Gasteiger charge is 2.18. The van der Waals surface area contributed by atoms with E-state index in [9.17, 15) is 19.8 Å². The van der Waals surface area contributed by atoms with E-state index in [-0.39, 0.29) is 18.5 Å². The van der Waals surface area contributed by atoms with Gasteiger partial charge in [0.2, 0.25) is 5.91 Å². The van der Waals surface area contributed by atoms with Crippen LogP contribution < -0.4 is 5.32 Å². The first-order valence-electron chi connectivity index (χ1n) is 29.6. The van der Waals surface area contributed by atoms with Gasteiger partial charge in [-0.25, -0.2) is 0 Å². The van der Waals surface area contributed by atoms with Crippen LogP contribution in [-0.4, -0.2) is 47.4 Å². The lowest BCUT2D eigenvalue weighted by Crippen LogP contribution is -2.45. The maximum Gasteiger partial charge on any atom is 0.305 e. The Bertz CT molecular complexity index is 1030. The quantitative estimate of drug-likeness (QED) is 0.0321. The molecule has 0 rings (SSSR count). The van der Waals surface area contributed by atoms with Crippen molar-refractivity contribution in [3.05, 3.63) is 24.3 Å². The van der Waals surface area contributed by atoms with Crippen LogP contribution in [0.2, 0.25) is 0 Å². The second kappa shape index (κ2) is 55.9. The van der Waals surface area contributed by atoms with Crippen molar-refractivity contribution in [1.29, 1.82) is 0 Å². The van der Waals surface area contributed by atoms with E-state index in [2.05, 4.69) is 31.3 Å². The number of nitrogens with one attached hydrogen (secondary N) is 1. The first-order chi connectivity index (χ1) is 32.5. The van der Waals surface area contributed by atoms with Gasteiger partial charge in [-0.05, 0) is 57.8 Å². The lowest BCUT2D eigenvalue weighted by atomic mass is 10.0. The summed E-state index contributed by atoms with van der Waals surface area (Å²) in [5.41, 5.74) is 0. The van der Waals surface area contributed by atoms with Crippen molar-refractivity contribution in [2.75, 3.05) is 13.2 Å². The molecule has 0 aliphatic rings.